The lowest BCUT2D eigenvalue weighted by atomic mass is 10.1. The van der Waals surface area contributed by atoms with Gasteiger partial charge in [-0.05, 0) is 24.6 Å². The highest BCUT2D eigenvalue weighted by molar-refractivity contribution is 5.99. The molecule has 0 aliphatic carbocycles. The van der Waals surface area contributed by atoms with Gasteiger partial charge < -0.3 is 20.7 Å². The summed E-state index contributed by atoms with van der Waals surface area (Å²) in [5, 5.41) is 2.72. The lowest BCUT2D eigenvalue weighted by molar-refractivity contribution is -0.117. The molecule has 0 aliphatic heterocycles. The molecule has 1 atom stereocenters. The maximum absolute atomic E-state index is 12.0. The van der Waals surface area contributed by atoms with Crippen molar-refractivity contribution in [2.45, 2.75) is 25.8 Å². The number of halogens is 1. The number of amides is 2. The molecule has 1 aromatic carbocycles. The van der Waals surface area contributed by atoms with Crippen molar-refractivity contribution in [1.82, 2.24) is 4.90 Å². The first-order valence-electron chi connectivity index (χ1n) is 6.86. The molecule has 124 valence electrons. The van der Waals surface area contributed by atoms with Crippen LogP contribution in [-0.4, -0.2) is 44.0 Å². The Balaban J connectivity index is 0.00000441. The van der Waals surface area contributed by atoms with Gasteiger partial charge in [-0.15, -0.1) is 12.4 Å². The van der Waals surface area contributed by atoms with Gasteiger partial charge in [-0.3, -0.25) is 9.59 Å². The summed E-state index contributed by atoms with van der Waals surface area (Å²) >= 11 is 0. The van der Waals surface area contributed by atoms with E-state index in [2.05, 4.69) is 5.32 Å². The van der Waals surface area contributed by atoms with E-state index >= 15 is 0 Å². The van der Waals surface area contributed by atoms with Crippen LogP contribution in [0.5, 0.6) is 5.75 Å². The van der Waals surface area contributed by atoms with Gasteiger partial charge in [0.2, 0.25) is 5.91 Å². The smallest absolute Gasteiger partial charge is 0.253 e. The minimum absolute atomic E-state index is 0. The van der Waals surface area contributed by atoms with Crippen molar-refractivity contribution in [3.63, 3.8) is 0 Å². The van der Waals surface area contributed by atoms with E-state index in [1.165, 1.54) is 12.0 Å². The molecule has 0 aromatic heterocycles. The number of benzene rings is 1. The summed E-state index contributed by atoms with van der Waals surface area (Å²) in [5.41, 5.74) is 6.70. The zero-order valence-corrected chi connectivity index (χ0v) is 14.2. The summed E-state index contributed by atoms with van der Waals surface area (Å²) < 4.78 is 5.20. The number of hydrogen-bond acceptors (Lipinski definition) is 4. The molecule has 3 N–H and O–H groups in total. The van der Waals surface area contributed by atoms with E-state index in [0.717, 1.165) is 6.42 Å². The highest BCUT2D eigenvalue weighted by Crippen LogP contribution is 2.26. The minimum atomic E-state index is -0.576. The largest absolute Gasteiger partial charge is 0.495 e. The van der Waals surface area contributed by atoms with Gasteiger partial charge in [0, 0.05) is 19.7 Å². The van der Waals surface area contributed by atoms with Gasteiger partial charge >= 0.3 is 0 Å². The van der Waals surface area contributed by atoms with Crippen molar-refractivity contribution in [3.8, 4) is 5.75 Å². The number of anilines is 1. The van der Waals surface area contributed by atoms with Crippen molar-refractivity contribution in [1.29, 1.82) is 0 Å². The Morgan fingerprint density at radius 3 is 2.50 bits per heavy atom. The monoisotopic (exact) mass is 329 g/mol. The summed E-state index contributed by atoms with van der Waals surface area (Å²) in [4.78, 5) is 25.4. The van der Waals surface area contributed by atoms with Gasteiger partial charge in [-0.25, -0.2) is 0 Å². The molecular formula is C15H24ClN3O3. The molecule has 0 aliphatic rings. The number of methoxy groups -OCH3 is 1. The standard InChI is InChI=1S/C15H23N3O3.ClH/c1-5-6-11(16)14(19)17-12-9-10(15(20)18(2)3)7-8-13(12)21-4;/h7-9,11H,5-6,16H2,1-4H3,(H,17,19);1H. The molecule has 0 spiro atoms. The van der Waals surface area contributed by atoms with E-state index in [4.69, 9.17) is 10.5 Å². The van der Waals surface area contributed by atoms with Crippen LogP contribution in [0.1, 0.15) is 30.1 Å². The molecule has 1 unspecified atom stereocenters. The van der Waals surface area contributed by atoms with E-state index in [0.29, 0.717) is 23.4 Å². The van der Waals surface area contributed by atoms with Crippen LogP contribution in [0.2, 0.25) is 0 Å². The Morgan fingerprint density at radius 2 is 2.00 bits per heavy atom. The molecule has 6 nitrogen and oxygen atoms in total. The van der Waals surface area contributed by atoms with E-state index in [1.807, 2.05) is 6.92 Å². The summed E-state index contributed by atoms with van der Waals surface area (Å²) in [6.07, 6.45) is 1.43. The first-order chi connectivity index (χ1) is 9.90. The van der Waals surface area contributed by atoms with Crippen LogP contribution >= 0.6 is 12.4 Å². The van der Waals surface area contributed by atoms with Crippen LogP contribution in [0.25, 0.3) is 0 Å². The molecule has 22 heavy (non-hydrogen) atoms. The van der Waals surface area contributed by atoms with Gasteiger partial charge in [0.15, 0.2) is 0 Å². The molecule has 0 radical (unpaired) electrons. The summed E-state index contributed by atoms with van der Waals surface area (Å²) in [6.45, 7) is 1.96. The Bertz CT molecular complexity index is 521. The van der Waals surface area contributed by atoms with Gasteiger partial charge in [0.25, 0.3) is 5.91 Å². The average molecular weight is 330 g/mol. The van der Waals surface area contributed by atoms with Crippen molar-refractivity contribution >= 4 is 29.9 Å². The number of carbonyl (C=O) groups excluding carboxylic acids is 2. The van der Waals surface area contributed by atoms with Crippen LogP contribution in [0.3, 0.4) is 0 Å². The van der Waals surface area contributed by atoms with Crippen LogP contribution in [0.4, 0.5) is 5.69 Å². The topological polar surface area (TPSA) is 84.7 Å². The molecule has 0 bridgehead atoms. The highest BCUT2D eigenvalue weighted by atomic mass is 35.5. The zero-order valence-electron chi connectivity index (χ0n) is 13.4. The SMILES string of the molecule is CCCC(N)C(=O)Nc1cc(C(=O)N(C)C)ccc1OC.Cl. The van der Waals surface area contributed by atoms with Gasteiger partial charge in [0.1, 0.15) is 5.75 Å². The maximum atomic E-state index is 12.0. The molecule has 7 heteroatoms. The summed E-state index contributed by atoms with van der Waals surface area (Å²) in [7, 11) is 4.84. The maximum Gasteiger partial charge on any atom is 0.253 e. The summed E-state index contributed by atoms with van der Waals surface area (Å²) in [5.74, 6) is 0.0537. The second-order valence-electron chi connectivity index (χ2n) is 5.00. The second kappa shape index (κ2) is 9.27. The van der Waals surface area contributed by atoms with Gasteiger partial charge in [-0.1, -0.05) is 13.3 Å². The fourth-order valence-corrected chi connectivity index (χ4v) is 1.86. The minimum Gasteiger partial charge on any atom is -0.495 e. The Kier molecular flexibility index (Phi) is 8.52. The number of nitrogens with zero attached hydrogens (tertiary/aromatic N) is 1. The van der Waals surface area contributed by atoms with Crippen molar-refractivity contribution < 1.29 is 14.3 Å². The van der Waals surface area contributed by atoms with E-state index in [9.17, 15) is 9.59 Å². The Labute approximate surface area is 137 Å². The number of nitrogens with two attached hydrogens (primary N) is 1. The molecular weight excluding hydrogens is 306 g/mol. The third kappa shape index (κ3) is 5.20. The van der Waals surface area contributed by atoms with Crippen LogP contribution < -0.4 is 15.8 Å². The number of hydrogen-bond donors (Lipinski definition) is 2. The molecule has 1 rings (SSSR count). The third-order valence-electron chi connectivity index (χ3n) is 3.05. The van der Waals surface area contributed by atoms with Crippen molar-refractivity contribution in [2.75, 3.05) is 26.5 Å². The highest BCUT2D eigenvalue weighted by Gasteiger charge is 2.17. The molecule has 0 saturated heterocycles. The van der Waals surface area contributed by atoms with Crippen LogP contribution in [-0.2, 0) is 4.79 Å². The second-order valence-corrected chi connectivity index (χ2v) is 5.00. The zero-order chi connectivity index (χ0) is 16.0. The van der Waals surface area contributed by atoms with Gasteiger partial charge in [-0.2, -0.15) is 0 Å². The van der Waals surface area contributed by atoms with E-state index < -0.39 is 6.04 Å². The van der Waals surface area contributed by atoms with Crippen LogP contribution in [0.15, 0.2) is 18.2 Å². The van der Waals surface area contributed by atoms with Crippen LogP contribution in [0, 0.1) is 0 Å². The fraction of sp³-hybridized carbons (Fsp3) is 0.467. The molecule has 0 saturated carbocycles. The number of ether oxygens (including phenoxy) is 1. The Morgan fingerprint density at radius 1 is 1.36 bits per heavy atom. The molecule has 0 heterocycles. The van der Waals surface area contributed by atoms with E-state index in [1.54, 1.807) is 32.3 Å². The average Bonchev–Trinajstić information content (AvgIpc) is 2.46. The lowest BCUT2D eigenvalue weighted by Gasteiger charge is -2.16. The predicted octanol–water partition coefficient (Wildman–Crippen LogP) is 1.88. The number of rotatable bonds is 6. The first kappa shape index (κ1) is 20.2. The normalized spacial score (nSPS) is 11.1. The fourth-order valence-electron chi connectivity index (χ4n) is 1.86. The summed E-state index contributed by atoms with van der Waals surface area (Å²) in [6, 6.07) is 4.33. The molecule has 2 amide bonds. The number of carbonyl (C=O) groups is 2. The molecule has 1 aromatic rings. The Hall–Kier alpha value is -1.79. The predicted molar refractivity (Wildman–Crippen MR) is 89.8 cm³/mol. The quantitative estimate of drug-likeness (QED) is 0.834. The number of nitrogens with one attached hydrogen (secondary N) is 1. The first-order valence-corrected chi connectivity index (χ1v) is 6.86. The van der Waals surface area contributed by atoms with E-state index in [-0.39, 0.29) is 24.2 Å². The van der Waals surface area contributed by atoms with Crippen molar-refractivity contribution in [3.05, 3.63) is 23.8 Å². The third-order valence-corrected chi connectivity index (χ3v) is 3.05. The molecule has 0 fully saturated rings. The lowest BCUT2D eigenvalue weighted by Crippen LogP contribution is -2.35. The van der Waals surface area contributed by atoms with Gasteiger partial charge in [0.05, 0.1) is 18.8 Å². The van der Waals surface area contributed by atoms with Crippen molar-refractivity contribution in [2.24, 2.45) is 5.73 Å².